The van der Waals surface area contributed by atoms with E-state index < -0.39 is 30.4 Å². The van der Waals surface area contributed by atoms with Gasteiger partial charge in [0.2, 0.25) is 5.91 Å². The Kier molecular flexibility index (Phi) is 5.35. The number of carboxylic acid groups (broad SMARTS) is 1. The van der Waals surface area contributed by atoms with E-state index in [0.29, 0.717) is 0 Å². The lowest BCUT2D eigenvalue weighted by molar-refractivity contribution is -0.140. The maximum absolute atomic E-state index is 11.9. The molecule has 1 aliphatic rings. The van der Waals surface area contributed by atoms with Crippen molar-refractivity contribution in [2.45, 2.75) is 58.0 Å². The van der Waals surface area contributed by atoms with Gasteiger partial charge in [-0.05, 0) is 18.3 Å². The molecule has 1 saturated carbocycles. The van der Waals surface area contributed by atoms with E-state index in [9.17, 15) is 14.4 Å². The van der Waals surface area contributed by atoms with Crippen molar-refractivity contribution in [1.29, 1.82) is 0 Å². The highest BCUT2D eigenvalue weighted by molar-refractivity contribution is 5.87. The standard InChI is InChI=1S/C13H23N3O4/c1-13(2)6-4-3-5-9(13)16-12(20)15-8(11(18)19)7-10(14)17/h8-9H,3-7H2,1-2H3,(H2,14,17)(H,18,19)(H2,15,16,20)/t8-,9?/m1/s1. The van der Waals surface area contributed by atoms with Crippen molar-refractivity contribution in [3.63, 3.8) is 0 Å². The molecule has 20 heavy (non-hydrogen) atoms. The second-order valence-electron chi connectivity index (χ2n) is 5.97. The Morgan fingerprint density at radius 2 is 2.00 bits per heavy atom. The van der Waals surface area contributed by atoms with E-state index in [0.717, 1.165) is 25.7 Å². The van der Waals surface area contributed by atoms with Crippen LogP contribution in [0, 0.1) is 5.41 Å². The number of primary amides is 1. The van der Waals surface area contributed by atoms with Crippen molar-refractivity contribution in [2.24, 2.45) is 11.1 Å². The van der Waals surface area contributed by atoms with Crippen LogP contribution in [0.4, 0.5) is 4.79 Å². The summed E-state index contributed by atoms with van der Waals surface area (Å²) in [4.78, 5) is 33.6. The number of carbonyl (C=O) groups is 3. The number of hydrogen-bond acceptors (Lipinski definition) is 3. The van der Waals surface area contributed by atoms with E-state index in [1.807, 2.05) is 0 Å². The Bertz CT molecular complexity index is 395. The fraction of sp³-hybridized carbons (Fsp3) is 0.769. The number of hydrogen-bond donors (Lipinski definition) is 4. The first kappa shape index (κ1) is 16.3. The largest absolute Gasteiger partial charge is 0.480 e. The number of carboxylic acids is 1. The van der Waals surface area contributed by atoms with Gasteiger partial charge in [-0.1, -0.05) is 26.7 Å². The summed E-state index contributed by atoms with van der Waals surface area (Å²) in [6, 6.07) is -1.86. The van der Waals surface area contributed by atoms with Crippen LogP contribution in [0.5, 0.6) is 0 Å². The zero-order valence-electron chi connectivity index (χ0n) is 11.9. The minimum Gasteiger partial charge on any atom is -0.480 e. The number of nitrogens with one attached hydrogen (secondary N) is 2. The van der Waals surface area contributed by atoms with Gasteiger partial charge in [0.15, 0.2) is 0 Å². The molecule has 114 valence electrons. The average molecular weight is 285 g/mol. The molecule has 1 unspecified atom stereocenters. The predicted octanol–water partition coefficient (Wildman–Crippen LogP) is 0.583. The van der Waals surface area contributed by atoms with Crippen LogP contribution in [0.3, 0.4) is 0 Å². The predicted molar refractivity (Wildman–Crippen MR) is 72.9 cm³/mol. The topological polar surface area (TPSA) is 122 Å². The fourth-order valence-corrected chi connectivity index (χ4v) is 2.52. The van der Waals surface area contributed by atoms with Gasteiger partial charge in [0.1, 0.15) is 6.04 Å². The second kappa shape index (κ2) is 6.58. The van der Waals surface area contributed by atoms with Crippen molar-refractivity contribution >= 4 is 17.9 Å². The first-order valence-electron chi connectivity index (χ1n) is 6.80. The quantitative estimate of drug-likeness (QED) is 0.590. The minimum absolute atomic E-state index is 0.000673. The van der Waals surface area contributed by atoms with Crippen molar-refractivity contribution in [2.75, 3.05) is 0 Å². The summed E-state index contributed by atoms with van der Waals surface area (Å²) >= 11 is 0. The Balaban J connectivity index is 2.56. The van der Waals surface area contributed by atoms with E-state index in [1.165, 1.54) is 0 Å². The summed E-state index contributed by atoms with van der Waals surface area (Å²) in [6.07, 6.45) is 3.64. The Morgan fingerprint density at radius 1 is 1.35 bits per heavy atom. The van der Waals surface area contributed by atoms with E-state index in [4.69, 9.17) is 10.8 Å². The van der Waals surface area contributed by atoms with Gasteiger partial charge in [-0.2, -0.15) is 0 Å². The molecule has 1 rings (SSSR count). The lowest BCUT2D eigenvalue weighted by Gasteiger charge is -2.39. The molecule has 0 bridgehead atoms. The highest BCUT2D eigenvalue weighted by Gasteiger charge is 2.34. The van der Waals surface area contributed by atoms with Gasteiger partial charge in [-0.3, -0.25) is 4.79 Å². The Morgan fingerprint density at radius 3 is 2.50 bits per heavy atom. The molecule has 1 aliphatic carbocycles. The van der Waals surface area contributed by atoms with E-state index in [-0.39, 0.29) is 11.5 Å². The monoisotopic (exact) mass is 285 g/mol. The third-order valence-corrected chi connectivity index (χ3v) is 3.82. The highest BCUT2D eigenvalue weighted by atomic mass is 16.4. The summed E-state index contributed by atoms with van der Waals surface area (Å²) < 4.78 is 0. The van der Waals surface area contributed by atoms with Crippen LogP contribution < -0.4 is 16.4 Å². The summed E-state index contributed by atoms with van der Waals surface area (Å²) in [6.45, 7) is 4.16. The number of aliphatic carboxylic acids is 1. The molecule has 0 aliphatic heterocycles. The molecule has 0 radical (unpaired) electrons. The van der Waals surface area contributed by atoms with Crippen molar-refractivity contribution < 1.29 is 19.5 Å². The third kappa shape index (κ3) is 4.71. The molecule has 7 nitrogen and oxygen atoms in total. The van der Waals surface area contributed by atoms with Gasteiger partial charge >= 0.3 is 12.0 Å². The normalized spacial score (nSPS) is 22.6. The Hall–Kier alpha value is -1.79. The smallest absolute Gasteiger partial charge is 0.326 e. The number of urea groups is 1. The molecule has 0 aromatic heterocycles. The number of nitrogens with two attached hydrogens (primary N) is 1. The molecule has 0 spiro atoms. The lowest BCUT2D eigenvalue weighted by atomic mass is 9.73. The molecular weight excluding hydrogens is 262 g/mol. The van der Waals surface area contributed by atoms with Crippen molar-refractivity contribution in [3.05, 3.63) is 0 Å². The van der Waals surface area contributed by atoms with Crippen LogP contribution in [-0.2, 0) is 9.59 Å². The van der Waals surface area contributed by atoms with Gasteiger partial charge in [0, 0.05) is 6.04 Å². The number of carbonyl (C=O) groups excluding carboxylic acids is 2. The zero-order valence-corrected chi connectivity index (χ0v) is 11.9. The molecule has 2 atom stereocenters. The fourth-order valence-electron chi connectivity index (χ4n) is 2.52. The van der Waals surface area contributed by atoms with Gasteiger partial charge in [0.05, 0.1) is 6.42 Å². The van der Waals surface area contributed by atoms with Gasteiger partial charge in [-0.25, -0.2) is 9.59 Å². The summed E-state index contributed by atoms with van der Waals surface area (Å²) in [5.41, 5.74) is 4.94. The van der Waals surface area contributed by atoms with Crippen LogP contribution in [0.25, 0.3) is 0 Å². The van der Waals surface area contributed by atoms with E-state index in [2.05, 4.69) is 24.5 Å². The van der Waals surface area contributed by atoms with Crippen LogP contribution in [-0.4, -0.2) is 35.1 Å². The zero-order chi connectivity index (χ0) is 15.3. The summed E-state index contributed by atoms with van der Waals surface area (Å²) in [5.74, 6) is -2.04. The van der Waals surface area contributed by atoms with Crippen molar-refractivity contribution in [1.82, 2.24) is 10.6 Å². The number of amides is 3. The minimum atomic E-state index is -1.29. The summed E-state index contributed by atoms with van der Waals surface area (Å²) in [7, 11) is 0. The highest BCUT2D eigenvalue weighted by Crippen LogP contribution is 2.35. The maximum Gasteiger partial charge on any atom is 0.326 e. The SMILES string of the molecule is CC1(C)CCCCC1NC(=O)N[C@H](CC(N)=O)C(=O)O. The third-order valence-electron chi connectivity index (χ3n) is 3.82. The Labute approximate surface area is 118 Å². The van der Waals surface area contributed by atoms with E-state index >= 15 is 0 Å². The molecule has 0 saturated heterocycles. The first-order valence-corrected chi connectivity index (χ1v) is 6.80. The van der Waals surface area contributed by atoms with Crippen LogP contribution >= 0.6 is 0 Å². The van der Waals surface area contributed by atoms with Gasteiger partial charge in [-0.15, -0.1) is 0 Å². The molecule has 3 amide bonds. The molecule has 1 fully saturated rings. The van der Waals surface area contributed by atoms with Gasteiger partial charge < -0.3 is 21.5 Å². The molecule has 0 aromatic rings. The van der Waals surface area contributed by atoms with Crippen LogP contribution in [0.1, 0.15) is 46.0 Å². The molecule has 7 heteroatoms. The van der Waals surface area contributed by atoms with Crippen molar-refractivity contribution in [3.8, 4) is 0 Å². The van der Waals surface area contributed by atoms with E-state index in [1.54, 1.807) is 0 Å². The molecule has 5 N–H and O–H groups in total. The molecule has 0 aromatic carbocycles. The second-order valence-corrected chi connectivity index (χ2v) is 5.97. The molecular formula is C13H23N3O4. The number of rotatable bonds is 5. The van der Waals surface area contributed by atoms with Crippen LogP contribution in [0.15, 0.2) is 0 Å². The summed E-state index contributed by atoms with van der Waals surface area (Å²) in [5, 5.41) is 14.0. The van der Waals surface area contributed by atoms with Gasteiger partial charge in [0.25, 0.3) is 0 Å². The average Bonchev–Trinajstić information content (AvgIpc) is 2.30. The van der Waals surface area contributed by atoms with Crippen LogP contribution in [0.2, 0.25) is 0 Å². The molecule has 0 heterocycles. The first-order chi connectivity index (χ1) is 9.22. The maximum atomic E-state index is 11.9. The lowest BCUT2D eigenvalue weighted by Crippen LogP contribution is -2.54.